The van der Waals surface area contributed by atoms with E-state index in [-0.39, 0.29) is 29.7 Å². The van der Waals surface area contributed by atoms with Gasteiger partial charge in [-0.05, 0) is 57.5 Å². The van der Waals surface area contributed by atoms with Crippen molar-refractivity contribution in [2.45, 2.75) is 51.2 Å². The summed E-state index contributed by atoms with van der Waals surface area (Å²) in [4.78, 5) is 49.9. The predicted octanol–water partition coefficient (Wildman–Crippen LogP) is 3.53. The third-order valence-electron chi connectivity index (χ3n) is 7.05. The van der Waals surface area contributed by atoms with Crippen LogP contribution in [0.3, 0.4) is 0 Å². The average molecular weight is 544 g/mol. The maximum Gasteiger partial charge on any atom is 0.308 e. The normalized spacial score (nSPS) is 21.9. The number of likely N-dealkylation sites (N-methyl/N-ethyl adjacent to an activating group) is 1. The van der Waals surface area contributed by atoms with E-state index in [1.807, 2.05) is 6.07 Å². The number of carbonyl (C=O) groups is 3. The molecule has 11 heteroatoms. The van der Waals surface area contributed by atoms with Crippen LogP contribution in [-0.2, 0) is 22.5 Å². The smallest absolute Gasteiger partial charge is 0.308 e. The minimum atomic E-state index is -0.443. The lowest BCUT2D eigenvalue weighted by Crippen LogP contribution is -2.55. The molecule has 2 aromatic heterocycles. The van der Waals surface area contributed by atoms with Crippen LogP contribution in [0.25, 0.3) is 10.9 Å². The number of halogens is 1. The second-order valence-corrected chi connectivity index (χ2v) is 11.2. The van der Waals surface area contributed by atoms with Crippen LogP contribution >= 0.6 is 22.9 Å². The average Bonchev–Trinajstić information content (AvgIpc) is 3.49. The standard InChI is InChI=1S/C26H30ClN5O4S/c1-3-36-26(35)14-4-6-18(29-23(33)21-12-15-10-16(27)5-7-17(15)28-21)20(11-14)30-24(34)25-31-19-8-9-32(2)13-22(19)37-25/h5,7,10,12,14,18,20,28H,3-4,6,8-9,11,13H2,1-2H3,(H,29,33)(H,30,34)/t14-,18-,20?/m0/s1. The molecular weight excluding hydrogens is 514 g/mol. The molecule has 5 rings (SSSR count). The van der Waals surface area contributed by atoms with Crippen LogP contribution in [0.5, 0.6) is 0 Å². The summed E-state index contributed by atoms with van der Waals surface area (Å²) < 4.78 is 5.24. The molecule has 1 aliphatic carbocycles. The molecule has 3 heterocycles. The van der Waals surface area contributed by atoms with Crippen molar-refractivity contribution in [1.29, 1.82) is 0 Å². The van der Waals surface area contributed by atoms with Gasteiger partial charge in [-0.1, -0.05) is 11.6 Å². The third-order valence-corrected chi connectivity index (χ3v) is 8.36. The van der Waals surface area contributed by atoms with E-state index < -0.39 is 6.04 Å². The number of aromatic nitrogens is 2. The summed E-state index contributed by atoms with van der Waals surface area (Å²) >= 11 is 7.49. The van der Waals surface area contributed by atoms with Crippen LogP contribution in [-0.4, -0.2) is 64.9 Å². The van der Waals surface area contributed by atoms with Crippen molar-refractivity contribution in [2.24, 2.45) is 5.92 Å². The summed E-state index contributed by atoms with van der Waals surface area (Å²) in [7, 11) is 2.05. The fourth-order valence-electron chi connectivity index (χ4n) is 5.10. The van der Waals surface area contributed by atoms with Gasteiger partial charge in [-0.3, -0.25) is 14.4 Å². The van der Waals surface area contributed by atoms with Crippen molar-refractivity contribution in [1.82, 2.24) is 25.5 Å². The fraction of sp³-hybridized carbons (Fsp3) is 0.462. The van der Waals surface area contributed by atoms with E-state index in [0.717, 1.165) is 41.0 Å². The van der Waals surface area contributed by atoms with Crippen molar-refractivity contribution in [3.05, 3.63) is 50.6 Å². The Morgan fingerprint density at radius 3 is 2.81 bits per heavy atom. The Bertz CT molecular complexity index is 1340. The highest BCUT2D eigenvalue weighted by atomic mass is 35.5. The predicted molar refractivity (Wildman–Crippen MR) is 142 cm³/mol. The Morgan fingerprint density at radius 2 is 2.00 bits per heavy atom. The number of aromatic amines is 1. The van der Waals surface area contributed by atoms with Gasteiger partial charge in [0.2, 0.25) is 0 Å². The van der Waals surface area contributed by atoms with Gasteiger partial charge in [-0.2, -0.15) is 0 Å². The van der Waals surface area contributed by atoms with Gasteiger partial charge >= 0.3 is 5.97 Å². The lowest BCUT2D eigenvalue weighted by molar-refractivity contribution is -0.149. The molecule has 9 nitrogen and oxygen atoms in total. The van der Waals surface area contributed by atoms with E-state index in [1.54, 1.807) is 25.1 Å². The molecule has 3 N–H and O–H groups in total. The molecule has 37 heavy (non-hydrogen) atoms. The lowest BCUT2D eigenvalue weighted by Gasteiger charge is -2.35. The molecule has 3 atom stereocenters. The number of benzene rings is 1. The minimum Gasteiger partial charge on any atom is -0.466 e. The summed E-state index contributed by atoms with van der Waals surface area (Å²) in [6.07, 6.45) is 2.30. The van der Waals surface area contributed by atoms with Gasteiger partial charge in [-0.15, -0.1) is 11.3 Å². The Kier molecular flexibility index (Phi) is 7.50. The van der Waals surface area contributed by atoms with Gasteiger partial charge in [0.15, 0.2) is 5.01 Å². The number of H-pyrrole nitrogens is 1. The topological polar surface area (TPSA) is 116 Å². The van der Waals surface area contributed by atoms with Crippen molar-refractivity contribution in [3.63, 3.8) is 0 Å². The highest BCUT2D eigenvalue weighted by Gasteiger charge is 2.37. The lowest BCUT2D eigenvalue weighted by atomic mass is 9.82. The molecule has 2 aliphatic rings. The zero-order valence-electron chi connectivity index (χ0n) is 20.8. The van der Waals surface area contributed by atoms with Crippen molar-refractivity contribution in [3.8, 4) is 0 Å². The Morgan fingerprint density at radius 1 is 1.19 bits per heavy atom. The number of hydrogen-bond donors (Lipinski definition) is 3. The molecule has 1 aliphatic heterocycles. The van der Waals surface area contributed by atoms with Crippen molar-refractivity contribution < 1.29 is 19.1 Å². The monoisotopic (exact) mass is 543 g/mol. The minimum absolute atomic E-state index is 0.272. The van der Waals surface area contributed by atoms with Crippen LogP contribution < -0.4 is 10.6 Å². The van der Waals surface area contributed by atoms with Crippen LogP contribution in [0.4, 0.5) is 0 Å². The van der Waals surface area contributed by atoms with Gasteiger partial charge in [0, 0.05) is 46.4 Å². The summed E-state index contributed by atoms with van der Waals surface area (Å²) in [6, 6.07) is 6.35. The Hall–Kier alpha value is -2.95. The first-order valence-electron chi connectivity index (χ1n) is 12.5. The van der Waals surface area contributed by atoms with E-state index in [4.69, 9.17) is 16.3 Å². The molecule has 0 saturated heterocycles. The zero-order valence-corrected chi connectivity index (χ0v) is 22.4. The van der Waals surface area contributed by atoms with E-state index in [0.29, 0.717) is 41.6 Å². The number of esters is 1. The number of ether oxygens (including phenoxy) is 1. The number of amides is 2. The molecule has 0 bridgehead atoms. The number of thiazole rings is 1. The molecule has 1 aromatic carbocycles. The number of rotatable bonds is 6. The molecule has 0 radical (unpaired) electrons. The Labute approximate surface area is 223 Å². The largest absolute Gasteiger partial charge is 0.466 e. The number of fused-ring (bicyclic) bond motifs is 2. The first-order valence-corrected chi connectivity index (χ1v) is 13.7. The van der Waals surface area contributed by atoms with Gasteiger partial charge < -0.3 is 25.3 Å². The van der Waals surface area contributed by atoms with E-state index in [9.17, 15) is 14.4 Å². The molecule has 3 aromatic rings. The number of nitrogens with zero attached hydrogens (tertiary/aromatic N) is 2. The van der Waals surface area contributed by atoms with Gasteiger partial charge in [0.1, 0.15) is 5.69 Å². The first-order chi connectivity index (χ1) is 17.8. The van der Waals surface area contributed by atoms with Gasteiger partial charge in [0.05, 0.1) is 24.3 Å². The second-order valence-electron chi connectivity index (χ2n) is 9.71. The van der Waals surface area contributed by atoms with Crippen LogP contribution in [0, 0.1) is 5.92 Å². The summed E-state index contributed by atoms with van der Waals surface area (Å²) in [5, 5.41) is 7.98. The SMILES string of the molecule is CCOC(=O)[C@H]1CC[C@H](NC(=O)c2cc3cc(Cl)ccc3[nH]2)C(NC(=O)c2nc3c(s2)CN(C)CC3)C1. The molecule has 1 unspecified atom stereocenters. The molecule has 2 amide bonds. The van der Waals surface area contributed by atoms with E-state index in [2.05, 4.69) is 32.5 Å². The maximum absolute atomic E-state index is 13.2. The molecule has 0 spiro atoms. The summed E-state index contributed by atoms with van der Waals surface area (Å²) in [5.41, 5.74) is 2.19. The molecule has 1 saturated carbocycles. The Balaban J connectivity index is 1.33. The number of carbonyl (C=O) groups excluding carboxylic acids is 3. The number of hydrogen-bond acceptors (Lipinski definition) is 7. The van der Waals surface area contributed by atoms with Crippen LogP contribution in [0.1, 0.15) is 57.0 Å². The fourth-order valence-corrected chi connectivity index (χ4v) is 6.37. The van der Waals surface area contributed by atoms with E-state index >= 15 is 0 Å². The first kappa shape index (κ1) is 25.7. The van der Waals surface area contributed by atoms with Crippen molar-refractivity contribution >= 4 is 51.6 Å². The molecular formula is C26H30ClN5O4S. The summed E-state index contributed by atoms with van der Waals surface area (Å²) in [6.45, 7) is 3.77. The third kappa shape index (κ3) is 5.66. The highest BCUT2D eigenvalue weighted by Crippen LogP contribution is 2.29. The highest BCUT2D eigenvalue weighted by molar-refractivity contribution is 7.13. The summed E-state index contributed by atoms with van der Waals surface area (Å²) in [5.74, 6) is -1.17. The van der Waals surface area contributed by atoms with Crippen LogP contribution in [0.2, 0.25) is 5.02 Å². The van der Waals surface area contributed by atoms with Gasteiger partial charge in [0.25, 0.3) is 11.8 Å². The van der Waals surface area contributed by atoms with Crippen LogP contribution in [0.15, 0.2) is 24.3 Å². The molecule has 1 fully saturated rings. The van der Waals surface area contributed by atoms with Crippen molar-refractivity contribution in [2.75, 3.05) is 20.2 Å². The maximum atomic E-state index is 13.2. The zero-order chi connectivity index (χ0) is 26.1. The van der Waals surface area contributed by atoms with E-state index in [1.165, 1.54) is 11.3 Å². The quantitative estimate of drug-likeness (QED) is 0.410. The molecule has 196 valence electrons. The van der Waals surface area contributed by atoms with Gasteiger partial charge in [-0.25, -0.2) is 4.98 Å². The second kappa shape index (κ2) is 10.8. The number of nitrogens with one attached hydrogen (secondary N) is 3.